The Kier molecular flexibility index (Phi) is 9.23. The maximum absolute atomic E-state index is 13.4. The van der Waals surface area contributed by atoms with E-state index in [1.807, 2.05) is 35.8 Å². The highest BCUT2D eigenvalue weighted by Crippen LogP contribution is 2.18. The summed E-state index contributed by atoms with van der Waals surface area (Å²) in [6, 6.07) is 13.2. The molecule has 4 rings (SSSR count). The van der Waals surface area contributed by atoms with Gasteiger partial charge in [-0.25, -0.2) is 0 Å². The molecule has 1 aromatic heterocycles. The molecule has 1 aliphatic heterocycles. The minimum atomic E-state index is -0.392. The molecule has 9 heteroatoms. The van der Waals surface area contributed by atoms with Crippen molar-refractivity contribution in [1.29, 1.82) is 0 Å². The predicted octanol–water partition coefficient (Wildman–Crippen LogP) is 4.10. The number of carbonyl (C=O) groups excluding carboxylic acids is 1. The van der Waals surface area contributed by atoms with Crippen LogP contribution in [0.15, 0.2) is 53.5 Å². The van der Waals surface area contributed by atoms with Gasteiger partial charge in [0, 0.05) is 55.1 Å². The van der Waals surface area contributed by atoms with Crippen LogP contribution in [0.5, 0.6) is 0 Å². The highest BCUT2D eigenvalue weighted by atomic mass is 35.5. The van der Waals surface area contributed by atoms with E-state index in [0.717, 1.165) is 49.5 Å². The first-order valence-electron chi connectivity index (χ1n) is 11.8. The summed E-state index contributed by atoms with van der Waals surface area (Å²) in [4.78, 5) is 28.8. The molecule has 0 unspecified atom stereocenters. The first-order chi connectivity index (χ1) is 17.0. The summed E-state index contributed by atoms with van der Waals surface area (Å²) < 4.78 is 12.8. The number of rotatable bonds is 10. The minimum Gasteiger partial charge on any atom is -0.379 e. The molecular weight excluding hydrogens is 486 g/mol. The fourth-order valence-corrected chi connectivity index (χ4v) is 4.75. The fraction of sp³-hybridized carbons (Fsp3) is 0.385. The zero-order valence-electron chi connectivity index (χ0n) is 19.8. The maximum Gasteiger partial charge on any atom is 0.257 e. The van der Waals surface area contributed by atoms with Crippen LogP contribution in [0.3, 0.4) is 0 Å². The molecule has 0 saturated carbocycles. The summed E-state index contributed by atoms with van der Waals surface area (Å²) in [6.45, 7) is 7.40. The highest BCUT2D eigenvalue weighted by Gasteiger charge is 2.17. The molecule has 7 nitrogen and oxygen atoms in total. The molecule has 1 saturated heterocycles. The van der Waals surface area contributed by atoms with Crippen LogP contribution in [-0.2, 0) is 28.6 Å². The lowest BCUT2D eigenvalue weighted by Gasteiger charge is -2.26. The number of hydrogen-bond acceptors (Lipinski definition) is 6. The van der Waals surface area contributed by atoms with E-state index in [9.17, 15) is 9.59 Å². The van der Waals surface area contributed by atoms with Crippen LogP contribution in [-0.4, -0.2) is 54.0 Å². The van der Waals surface area contributed by atoms with Crippen LogP contribution in [0.1, 0.15) is 28.4 Å². The summed E-state index contributed by atoms with van der Waals surface area (Å²) >= 11 is 7.33. The van der Waals surface area contributed by atoms with Crippen molar-refractivity contribution in [3.05, 3.63) is 80.6 Å². The first kappa shape index (κ1) is 25.7. The third-order valence-electron chi connectivity index (χ3n) is 5.88. The number of halogens is 1. The van der Waals surface area contributed by atoms with Gasteiger partial charge in [-0.3, -0.25) is 14.5 Å². The van der Waals surface area contributed by atoms with E-state index in [1.165, 1.54) is 12.0 Å². The second kappa shape index (κ2) is 12.6. The van der Waals surface area contributed by atoms with Crippen LogP contribution in [0.4, 0.5) is 0 Å². The van der Waals surface area contributed by atoms with E-state index in [1.54, 1.807) is 18.3 Å². The summed E-state index contributed by atoms with van der Waals surface area (Å²) in [6.07, 6.45) is 1.66. The SMILES string of the molecule is CCOSCCn1cc(C(=O)NCc2ccc(Cl)cc2)c(=O)c2cc(CN3CCOCC3)ccc21. The Hall–Kier alpha value is -2.36. The van der Waals surface area contributed by atoms with E-state index in [2.05, 4.69) is 16.3 Å². The maximum atomic E-state index is 13.4. The molecule has 1 N–H and O–H groups in total. The number of ether oxygens (including phenoxy) is 1. The van der Waals surface area contributed by atoms with Crippen LogP contribution >= 0.6 is 23.6 Å². The largest absolute Gasteiger partial charge is 0.379 e. The number of nitrogens with one attached hydrogen (secondary N) is 1. The van der Waals surface area contributed by atoms with E-state index in [4.69, 9.17) is 20.5 Å². The van der Waals surface area contributed by atoms with Crippen molar-refractivity contribution < 1.29 is 13.7 Å². The van der Waals surface area contributed by atoms with Gasteiger partial charge in [0.05, 0.1) is 25.3 Å². The number of aromatic nitrogens is 1. The predicted molar refractivity (Wildman–Crippen MR) is 141 cm³/mol. The molecular formula is C26H30ClN3O4S. The molecule has 0 atom stereocenters. The summed E-state index contributed by atoms with van der Waals surface area (Å²) in [5.41, 5.74) is 2.64. The highest BCUT2D eigenvalue weighted by molar-refractivity contribution is 7.94. The minimum absolute atomic E-state index is 0.136. The second-order valence-electron chi connectivity index (χ2n) is 8.34. The van der Waals surface area contributed by atoms with Gasteiger partial charge in [-0.15, -0.1) is 0 Å². The van der Waals surface area contributed by atoms with E-state index >= 15 is 0 Å². The molecule has 2 heterocycles. The van der Waals surface area contributed by atoms with Crippen molar-refractivity contribution in [2.24, 2.45) is 0 Å². The number of hydrogen-bond donors (Lipinski definition) is 1. The number of morpholine rings is 1. The van der Waals surface area contributed by atoms with Crippen molar-refractivity contribution in [2.45, 2.75) is 26.6 Å². The van der Waals surface area contributed by atoms with Crippen LogP contribution in [0, 0.1) is 0 Å². The van der Waals surface area contributed by atoms with Gasteiger partial charge in [-0.1, -0.05) is 29.8 Å². The number of amides is 1. The van der Waals surface area contributed by atoms with Crippen molar-refractivity contribution in [1.82, 2.24) is 14.8 Å². The molecule has 186 valence electrons. The summed E-state index contributed by atoms with van der Waals surface area (Å²) in [5, 5.41) is 4.06. The lowest BCUT2D eigenvalue weighted by atomic mass is 10.1. The van der Waals surface area contributed by atoms with Gasteiger partial charge in [0.1, 0.15) is 5.56 Å². The van der Waals surface area contributed by atoms with Gasteiger partial charge < -0.3 is 18.8 Å². The Bertz CT molecular complexity index is 1210. The summed E-state index contributed by atoms with van der Waals surface area (Å²) in [7, 11) is 0. The third-order valence-corrected chi connectivity index (χ3v) is 6.89. The Labute approximate surface area is 214 Å². The molecule has 1 amide bonds. The Morgan fingerprint density at radius 2 is 1.89 bits per heavy atom. The van der Waals surface area contributed by atoms with Crippen molar-refractivity contribution >= 4 is 40.5 Å². The zero-order valence-corrected chi connectivity index (χ0v) is 21.4. The molecule has 1 aliphatic rings. The van der Waals surface area contributed by atoms with Crippen molar-refractivity contribution in [3.8, 4) is 0 Å². The molecule has 0 spiro atoms. The van der Waals surface area contributed by atoms with Crippen molar-refractivity contribution in [3.63, 3.8) is 0 Å². The summed E-state index contributed by atoms with van der Waals surface area (Å²) in [5.74, 6) is 0.310. The van der Waals surface area contributed by atoms with E-state index in [0.29, 0.717) is 35.9 Å². The van der Waals surface area contributed by atoms with Crippen LogP contribution in [0.2, 0.25) is 5.02 Å². The molecule has 35 heavy (non-hydrogen) atoms. The average molecular weight is 516 g/mol. The van der Waals surface area contributed by atoms with Gasteiger partial charge in [0.25, 0.3) is 5.91 Å². The third kappa shape index (κ3) is 6.86. The Balaban J connectivity index is 1.61. The normalized spacial score (nSPS) is 14.3. The Morgan fingerprint density at radius 3 is 2.63 bits per heavy atom. The molecule has 0 aliphatic carbocycles. The Morgan fingerprint density at radius 1 is 1.14 bits per heavy atom. The monoisotopic (exact) mass is 515 g/mol. The van der Waals surface area contributed by atoms with Gasteiger partial charge >= 0.3 is 0 Å². The average Bonchev–Trinajstić information content (AvgIpc) is 2.88. The molecule has 2 aromatic carbocycles. The number of nitrogens with zero attached hydrogens (tertiary/aromatic N) is 2. The van der Waals surface area contributed by atoms with Crippen LogP contribution < -0.4 is 10.7 Å². The van der Waals surface area contributed by atoms with Gasteiger partial charge in [-0.05, 0) is 54.4 Å². The lowest BCUT2D eigenvalue weighted by molar-refractivity contribution is 0.0342. The smallest absolute Gasteiger partial charge is 0.257 e. The first-order valence-corrected chi connectivity index (χ1v) is 13.1. The zero-order chi connectivity index (χ0) is 24.6. The fourth-order valence-electron chi connectivity index (χ4n) is 4.06. The number of carbonyl (C=O) groups is 1. The quantitative estimate of drug-likeness (QED) is 0.324. The van der Waals surface area contributed by atoms with E-state index < -0.39 is 5.91 Å². The van der Waals surface area contributed by atoms with Gasteiger partial charge in [0.2, 0.25) is 5.43 Å². The van der Waals surface area contributed by atoms with Crippen LogP contribution in [0.25, 0.3) is 10.9 Å². The molecule has 0 bridgehead atoms. The van der Waals surface area contributed by atoms with Gasteiger partial charge in [0.15, 0.2) is 0 Å². The standard InChI is InChI=1S/C26H30ClN3O4S/c1-2-34-35-14-11-30-18-23(26(32)28-16-19-3-6-21(27)7-4-19)25(31)22-15-20(5-8-24(22)30)17-29-9-12-33-13-10-29/h3-8,15,18H,2,9-14,16-17H2,1H3,(H,28,32). The second-order valence-corrected chi connectivity index (χ2v) is 9.66. The number of aryl methyl sites for hydroxylation is 1. The molecule has 3 aromatic rings. The number of benzene rings is 2. The lowest BCUT2D eigenvalue weighted by Crippen LogP contribution is -2.35. The number of pyridine rings is 1. The molecule has 0 radical (unpaired) electrons. The molecule has 1 fully saturated rings. The number of fused-ring (bicyclic) bond motifs is 1. The van der Waals surface area contributed by atoms with E-state index in [-0.39, 0.29) is 11.0 Å². The van der Waals surface area contributed by atoms with Gasteiger partial charge in [-0.2, -0.15) is 0 Å². The van der Waals surface area contributed by atoms with Crippen molar-refractivity contribution in [2.75, 3.05) is 38.7 Å². The topological polar surface area (TPSA) is 72.8 Å².